The van der Waals surface area contributed by atoms with Crippen molar-refractivity contribution >= 4 is 40.6 Å². The Bertz CT molecular complexity index is 1440. The van der Waals surface area contributed by atoms with Crippen LogP contribution in [0.15, 0.2) is 83.9 Å². The number of nitrogens with one attached hydrogen (secondary N) is 1. The smallest absolute Gasteiger partial charge is 0.271 e. The van der Waals surface area contributed by atoms with Crippen LogP contribution in [0.4, 0.5) is 0 Å². The number of thiazole rings is 1. The van der Waals surface area contributed by atoms with Crippen LogP contribution in [-0.2, 0) is 12.3 Å². The molecule has 174 valence electrons. The average Bonchev–Trinajstić information content (AvgIpc) is 3.55. The number of aromatic nitrogens is 6. The van der Waals surface area contributed by atoms with Crippen molar-refractivity contribution in [3.63, 3.8) is 0 Å². The molecule has 8 nitrogen and oxygen atoms in total. The Balaban J connectivity index is 1.33. The Kier molecular flexibility index (Phi) is 7.12. The number of nitrogens with zero attached hydrogens (tertiary/aromatic N) is 6. The van der Waals surface area contributed by atoms with E-state index in [1.807, 2.05) is 53.1 Å². The van der Waals surface area contributed by atoms with E-state index in [9.17, 15) is 4.79 Å². The van der Waals surface area contributed by atoms with Gasteiger partial charge in [-0.3, -0.25) is 19.3 Å². The van der Waals surface area contributed by atoms with Crippen LogP contribution in [0.3, 0.4) is 0 Å². The molecule has 11 heteroatoms. The number of hydrogen-bond acceptors (Lipinski definition) is 8. The van der Waals surface area contributed by atoms with Gasteiger partial charge in [0.2, 0.25) is 0 Å². The first-order valence-corrected chi connectivity index (χ1v) is 12.8. The van der Waals surface area contributed by atoms with E-state index in [1.165, 1.54) is 23.1 Å². The van der Waals surface area contributed by atoms with Crippen molar-refractivity contribution in [1.29, 1.82) is 0 Å². The fraction of sp³-hybridized carbons (Fsp3) is 0.0833. The predicted molar refractivity (Wildman–Crippen MR) is 137 cm³/mol. The predicted octanol–water partition coefficient (Wildman–Crippen LogP) is 5.06. The lowest BCUT2D eigenvalue weighted by atomic mass is 10.2. The summed E-state index contributed by atoms with van der Waals surface area (Å²) in [6.45, 7) is 0.419. The molecule has 0 aliphatic carbocycles. The summed E-state index contributed by atoms with van der Waals surface area (Å²) in [7, 11) is 0. The van der Waals surface area contributed by atoms with Crippen molar-refractivity contribution in [1.82, 2.24) is 35.0 Å². The molecule has 1 amide bonds. The van der Waals surface area contributed by atoms with Crippen molar-refractivity contribution < 1.29 is 4.79 Å². The molecule has 0 atom stereocenters. The number of halogens is 1. The number of carbonyl (C=O) groups is 1. The number of amides is 1. The van der Waals surface area contributed by atoms with Gasteiger partial charge in [0.1, 0.15) is 10.7 Å². The summed E-state index contributed by atoms with van der Waals surface area (Å²) in [5, 5.41) is 15.6. The summed E-state index contributed by atoms with van der Waals surface area (Å²) < 4.78 is 1.95. The monoisotopic (exact) mass is 519 g/mol. The second-order valence-corrected chi connectivity index (χ2v) is 9.64. The topological polar surface area (TPSA) is 98.5 Å². The number of pyridine rings is 2. The maximum Gasteiger partial charge on any atom is 0.271 e. The second kappa shape index (κ2) is 10.8. The first-order chi connectivity index (χ1) is 17.2. The molecule has 5 rings (SSSR count). The third-order valence-electron chi connectivity index (χ3n) is 4.93. The molecule has 0 unspecified atom stereocenters. The standard InChI is InChI=1S/C24H18ClN7OS2/c25-18-4-1-5-19(11-18)32-22(17-3-2-8-27-13-17)30-31-24(32)35-15-21-29-20(14-34-21)23(33)28-12-16-6-9-26-10-7-16/h1-11,13-14H,12,15H2,(H,28,33). The molecule has 0 saturated carbocycles. The lowest BCUT2D eigenvalue weighted by Gasteiger charge is -2.10. The Morgan fingerprint density at radius 1 is 1.06 bits per heavy atom. The molecule has 1 N–H and O–H groups in total. The summed E-state index contributed by atoms with van der Waals surface area (Å²) in [5.41, 5.74) is 3.06. The lowest BCUT2D eigenvalue weighted by Crippen LogP contribution is -2.23. The van der Waals surface area contributed by atoms with E-state index in [-0.39, 0.29) is 5.91 Å². The van der Waals surface area contributed by atoms with Crippen LogP contribution in [-0.4, -0.2) is 35.6 Å². The largest absolute Gasteiger partial charge is 0.347 e. The van der Waals surface area contributed by atoms with Crippen LogP contribution < -0.4 is 5.32 Å². The molecule has 0 aliphatic heterocycles. The van der Waals surface area contributed by atoms with E-state index < -0.39 is 0 Å². The van der Waals surface area contributed by atoms with Crippen LogP contribution in [0.25, 0.3) is 17.1 Å². The number of thioether (sulfide) groups is 1. The van der Waals surface area contributed by atoms with Crippen LogP contribution >= 0.6 is 34.7 Å². The van der Waals surface area contributed by atoms with Gasteiger partial charge in [-0.15, -0.1) is 21.5 Å². The maximum absolute atomic E-state index is 12.5. The summed E-state index contributed by atoms with van der Waals surface area (Å²) >= 11 is 9.18. The molecule has 0 bridgehead atoms. The first-order valence-electron chi connectivity index (χ1n) is 10.5. The molecule has 1 aromatic carbocycles. The van der Waals surface area contributed by atoms with E-state index in [2.05, 4.69) is 30.5 Å². The molecule has 4 aromatic heterocycles. The molecule has 4 heterocycles. The van der Waals surface area contributed by atoms with Gasteiger partial charge in [0, 0.05) is 47.3 Å². The zero-order valence-corrected chi connectivity index (χ0v) is 20.6. The highest BCUT2D eigenvalue weighted by atomic mass is 35.5. The number of carbonyl (C=O) groups excluding carboxylic acids is 1. The van der Waals surface area contributed by atoms with E-state index in [0.29, 0.717) is 34.0 Å². The normalized spacial score (nSPS) is 10.9. The minimum Gasteiger partial charge on any atom is -0.347 e. The Morgan fingerprint density at radius 2 is 1.94 bits per heavy atom. The fourth-order valence-corrected chi connectivity index (χ4v) is 5.20. The summed E-state index contributed by atoms with van der Waals surface area (Å²) in [6, 6.07) is 15.0. The zero-order valence-electron chi connectivity index (χ0n) is 18.2. The fourth-order valence-electron chi connectivity index (χ4n) is 3.27. The van der Waals surface area contributed by atoms with E-state index in [4.69, 9.17) is 11.6 Å². The Labute approximate surface area is 214 Å². The first kappa shape index (κ1) is 23.2. The van der Waals surface area contributed by atoms with Gasteiger partial charge in [0.05, 0.1) is 11.4 Å². The van der Waals surface area contributed by atoms with Gasteiger partial charge in [0.25, 0.3) is 5.91 Å². The highest BCUT2D eigenvalue weighted by Gasteiger charge is 2.18. The molecule has 5 aromatic rings. The third-order valence-corrected chi connectivity index (χ3v) is 7.14. The second-order valence-electron chi connectivity index (χ2n) is 7.32. The minimum atomic E-state index is -0.213. The molecule has 0 aliphatic rings. The van der Waals surface area contributed by atoms with Crippen molar-refractivity contribution in [3.05, 3.63) is 100.0 Å². The van der Waals surface area contributed by atoms with Gasteiger partial charge in [0.15, 0.2) is 11.0 Å². The van der Waals surface area contributed by atoms with Crippen molar-refractivity contribution in [2.24, 2.45) is 0 Å². The number of rotatable bonds is 8. The molecule has 0 saturated heterocycles. The van der Waals surface area contributed by atoms with Gasteiger partial charge in [-0.1, -0.05) is 29.4 Å². The van der Waals surface area contributed by atoms with Gasteiger partial charge in [-0.2, -0.15) is 0 Å². The quantitative estimate of drug-likeness (QED) is 0.286. The van der Waals surface area contributed by atoms with Crippen LogP contribution in [0.1, 0.15) is 21.1 Å². The summed E-state index contributed by atoms with van der Waals surface area (Å²) in [4.78, 5) is 25.2. The molecular formula is C24H18ClN7OS2. The molecule has 35 heavy (non-hydrogen) atoms. The zero-order chi connectivity index (χ0) is 24.0. The summed E-state index contributed by atoms with van der Waals surface area (Å²) in [6.07, 6.45) is 6.85. The van der Waals surface area contributed by atoms with Crippen LogP contribution in [0.2, 0.25) is 5.02 Å². The third kappa shape index (κ3) is 5.56. The van der Waals surface area contributed by atoms with Crippen molar-refractivity contribution in [2.75, 3.05) is 0 Å². The maximum atomic E-state index is 12.5. The number of benzene rings is 1. The minimum absolute atomic E-state index is 0.213. The Morgan fingerprint density at radius 3 is 2.74 bits per heavy atom. The highest BCUT2D eigenvalue weighted by Crippen LogP contribution is 2.31. The molecule has 0 spiro atoms. The highest BCUT2D eigenvalue weighted by molar-refractivity contribution is 7.98. The van der Waals surface area contributed by atoms with Gasteiger partial charge < -0.3 is 5.32 Å². The molecule has 0 radical (unpaired) electrons. The molecule has 0 fully saturated rings. The van der Waals surface area contributed by atoms with Gasteiger partial charge in [-0.05, 0) is 48.0 Å². The van der Waals surface area contributed by atoms with Crippen molar-refractivity contribution in [3.8, 4) is 17.1 Å². The van der Waals surface area contributed by atoms with Gasteiger partial charge in [-0.25, -0.2) is 4.98 Å². The van der Waals surface area contributed by atoms with E-state index in [1.54, 1.807) is 30.2 Å². The average molecular weight is 520 g/mol. The molecular weight excluding hydrogens is 502 g/mol. The van der Waals surface area contributed by atoms with Crippen molar-refractivity contribution in [2.45, 2.75) is 17.5 Å². The lowest BCUT2D eigenvalue weighted by molar-refractivity contribution is 0.0946. The Hall–Kier alpha value is -3.60. The van der Waals surface area contributed by atoms with E-state index in [0.717, 1.165) is 21.8 Å². The number of hydrogen-bond donors (Lipinski definition) is 1. The SMILES string of the molecule is O=C(NCc1ccncc1)c1csc(CSc2nnc(-c3cccnc3)n2-c2cccc(Cl)c2)n1. The van der Waals surface area contributed by atoms with Crippen LogP contribution in [0, 0.1) is 0 Å². The summed E-state index contributed by atoms with van der Waals surface area (Å²) in [5.74, 6) is 0.988. The van der Waals surface area contributed by atoms with E-state index >= 15 is 0 Å². The van der Waals surface area contributed by atoms with Crippen LogP contribution in [0.5, 0.6) is 0 Å². The van der Waals surface area contributed by atoms with Gasteiger partial charge >= 0.3 is 0 Å².